The van der Waals surface area contributed by atoms with Crippen LogP contribution >= 0.6 is 0 Å². The minimum absolute atomic E-state index is 0.277. The van der Waals surface area contributed by atoms with E-state index in [1.807, 2.05) is 6.07 Å². The van der Waals surface area contributed by atoms with Crippen molar-refractivity contribution in [3.05, 3.63) is 18.5 Å². The topological polar surface area (TPSA) is 50.7 Å². The average molecular weight is 278 g/mol. The Hall–Kier alpha value is -1.24. The van der Waals surface area contributed by atoms with Crippen LogP contribution in [0.15, 0.2) is 18.5 Å². The fourth-order valence-corrected chi connectivity index (χ4v) is 2.66. The minimum atomic E-state index is 0.277. The van der Waals surface area contributed by atoms with E-state index in [-0.39, 0.29) is 6.10 Å². The highest BCUT2D eigenvalue weighted by Crippen LogP contribution is 2.11. The molecule has 20 heavy (non-hydrogen) atoms. The fraction of sp³-hybridized carbons (Fsp3) is 0.714. The molecule has 0 spiro atoms. The third kappa shape index (κ3) is 3.65. The highest BCUT2D eigenvalue weighted by molar-refractivity contribution is 5.29. The van der Waals surface area contributed by atoms with E-state index in [9.17, 15) is 0 Å². The molecule has 1 aromatic rings. The van der Waals surface area contributed by atoms with Gasteiger partial charge in [-0.3, -0.25) is 4.90 Å². The predicted molar refractivity (Wildman–Crippen MR) is 75.9 cm³/mol. The Kier molecular flexibility index (Phi) is 4.78. The summed E-state index contributed by atoms with van der Waals surface area (Å²) in [5.41, 5.74) is 0. The maximum absolute atomic E-state index is 5.68. The first kappa shape index (κ1) is 13.7. The lowest BCUT2D eigenvalue weighted by atomic mass is 10.2. The molecule has 3 rings (SSSR count). The van der Waals surface area contributed by atoms with Gasteiger partial charge in [-0.05, 0) is 12.5 Å². The van der Waals surface area contributed by atoms with Gasteiger partial charge in [-0.15, -0.1) is 0 Å². The molecule has 0 aromatic carbocycles. The number of anilines is 1. The third-order valence-electron chi connectivity index (χ3n) is 3.86. The molecule has 0 N–H and O–H groups in total. The monoisotopic (exact) mass is 278 g/mol. The van der Waals surface area contributed by atoms with E-state index in [0.29, 0.717) is 0 Å². The number of hydrogen-bond donors (Lipinski definition) is 0. The SMILES string of the molecule is c1cnc(N2CCN(CCC3COCCO3)CC2)nc1. The third-order valence-corrected chi connectivity index (χ3v) is 3.86. The van der Waals surface area contributed by atoms with E-state index < -0.39 is 0 Å². The van der Waals surface area contributed by atoms with Crippen molar-refractivity contribution < 1.29 is 9.47 Å². The molecule has 0 bridgehead atoms. The highest BCUT2D eigenvalue weighted by Gasteiger charge is 2.20. The Bertz CT molecular complexity index is 389. The van der Waals surface area contributed by atoms with E-state index in [0.717, 1.165) is 64.9 Å². The second-order valence-electron chi connectivity index (χ2n) is 5.23. The van der Waals surface area contributed by atoms with E-state index >= 15 is 0 Å². The molecule has 0 aliphatic carbocycles. The zero-order valence-electron chi connectivity index (χ0n) is 11.8. The number of hydrogen-bond acceptors (Lipinski definition) is 6. The quantitative estimate of drug-likeness (QED) is 0.795. The van der Waals surface area contributed by atoms with Gasteiger partial charge in [0.1, 0.15) is 0 Å². The largest absolute Gasteiger partial charge is 0.376 e. The van der Waals surface area contributed by atoms with Crippen LogP contribution in [0.1, 0.15) is 6.42 Å². The van der Waals surface area contributed by atoms with Gasteiger partial charge in [-0.2, -0.15) is 0 Å². The summed E-state index contributed by atoms with van der Waals surface area (Å²) in [5.74, 6) is 0.844. The fourth-order valence-electron chi connectivity index (χ4n) is 2.66. The maximum Gasteiger partial charge on any atom is 0.225 e. The van der Waals surface area contributed by atoms with Crippen molar-refractivity contribution in [3.8, 4) is 0 Å². The Morgan fingerprint density at radius 3 is 2.60 bits per heavy atom. The number of ether oxygens (including phenoxy) is 2. The number of nitrogens with zero attached hydrogens (tertiary/aromatic N) is 4. The van der Waals surface area contributed by atoms with Gasteiger partial charge in [0.25, 0.3) is 0 Å². The Balaban J connectivity index is 1.40. The molecule has 2 saturated heterocycles. The van der Waals surface area contributed by atoms with Gasteiger partial charge in [0.15, 0.2) is 0 Å². The summed E-state index contributed by atoms with van der Waals surface area (Å²) in [6.45, 7) is 7.42. The summed E-state index contributed by atoms with van der Waals surface area (Å²) in [4.78, 5) is 13.3. The predicted octanol–water partition coefficient (Wildman–Crippen LogP) is 0.404. The van der Waals surface area contributed by atoms with E-state index in [1.165, 1.54) is 0 Å². The van der Waals surface area contributed by atoms with Crippen LogP contribution in [-0.2, 0) is 9.47 Å². The van der Waals surface area contributed by atoms with Crippen LogP contribution in [0.2, 0.25) is 0 Å². The maximum atomic E-state index is 5.68. The van der Waals surface area contributed by atoms with Crippen LogP contribution in [0.5, 0.6) is 0 Å². The van der Waals surface area contributed by atoms with Crippen molar-refractivity contribution in [1.82, 2.24) is 14.9 Å². The van der Waals surface area contributed by atoms with Gasteiger partial charge < -0.3 is 14.4 Å². The molecule has 1 atom stereocenters. The standard InChI is InChI=1S/C14H22N4O2/c1-3-15-14(16-4-1)18-8-6-17(7-9-18)5-2-13-12-19-10-11-20-13/h1,3-4,13H,2,5-12H2. The number of aromatic nitrogens is 2. The lowest BCUT2D eigenvalue weighted by Crippen LogP contribution is -2.48. The molecule has 6 heteroatoms. The first-order chi connectivity index (χ1) is 9.92. The normalized spacial score (nSPS) is 24.8. The Morgan fingerprint density at radius 2 is 1.90 bits per heavy atom. The first-order valence-corrected chi connectivity index (χ1v) is 7.35. The van der Waals surface area contributed by atoms with Crippen LogP contribution in [0.25, 0.3) is 0 Å². The second kappa shape index (κ2) is 6.97. The molecule has 0 amide bonds. The molecular formula is C14H22N4O2. The van der Waals surface area contributed by atoms with Crippen LogP contribution in [0, 0.1) is 0 Å². The summed E-state index contributed by atoms with van der Waals surface area (Å²) in [7, 11) is 0. The van der Waals surface area contributed by atoms with Crippen molar-refractivity contribution >= 4 is 5.95 Å². The molecule has 2 aliphatic rings. The van der Waals surface area contributed by atoms with Gasteiger partial charge >= 0.3 is 0 Å². The minimum Gasteiger partial charge on any atom is -0.376 e. The van der Waals surface area contributed by atoms with Crippen molar-refractivity contribution in [3.63, 3.8) is 0 Å². The van der Waals surface area contributed by atoms with Crippen LogP contribution in [-0.4, -0.2) is 73.5 Å². The molecule has 2 aliphatic heterocycles. The van der Waals surface area contributed by atoms with Crippen LogP contribution in [0.4, 0.5) is 5.95 Å². The summed E-state index contributed by atoms with van der Waals surface area (Å²) in [6.07, 6.45) is 4.94. The summed E-state index contributed by atoms with van der Waals surface area (Å²) in [5, 5.41) is 0. The molecular weight excluding hydrogens is 256 g/mol. The number of piperazine rings is 1. The molecule has 110 valence electrons. The van der Waals surface area contributed by atoms with E-state index in [2.05, 4.69) is 19.8 Å². The Labute approximate surface area is 119 Å². The van der Waals surface area contributed by atoms with Crippen LogP contribution < -0.4 is 4.90 Å². The summed E-state index contributed by atoms with van der Waals surface area (Å²) in [6, 6.07) is 1.85. The van der Waals surface area contributed by atoms with Crippen molar-refractivity contribution in [2.45, 2.75) is 12.5 Å². The van der Waals surface area contributed by atoms with Gasteiger partial charge in [0, 0.05) is 45.1 Å². The lowest BCUT2D eigenvalue weighted by molar-refractivity contribution is -0.0927. The van der Waals surface area contributed by atoms with Crippen molar-refractivity contribution in [2.24, 2.45) is 0 Å². The van der Waals surface area contributed by atoms with E-state index in [1.54, 1.807) is 12.4 Å². The average Bonchev–Trinajstić information content (AvgIpc) is 2.55. The molecule has 0 saturated carbocycles. The molecule has 0 radical (unpaired) electrons. The summed E-state index contributed by atoms with van der Waals surface area (Å²) < 4.78 is 11.1. The highest BCUT2D eigenvalue weighted by atomic mass is 16.6. The second-order valence-corrected chi connectivity index (χ2v) is 5.23. The summed E-state index contributed by atoms with van der Waals surface area (Å²) >= 11 is 0. The lowest BCUT2D eigenvalue weighted by Gasteiger charge is -2.35. The van der Waals surface area contributed by atoms with Gasteiger partial charge in [-0.1, -0.05) is 0 Å². The van der Waals surface area contributed by atoms with Crippen molar-refractivity contribution in [1.29, 1.82) is 0 Å². The van der Waals surface area contributed by atoms with Crippen LogP contribution in [0.3, 0.4) is 0 Å². The van der Waals surface area contributed by atoms with Gasteiger partial charge in [-0.25, -0.2) is 9.97 Å². The smallest absolute Gasteiger partial charge is 0.225 e. The molecule has 2 fully saturated rings. The molecule has 1 aromatic heterocycles. The molecule has 6 nitrogen and oxygen atoms in total. The van der Waals surface area contributed by atoms with Gasteiger partial charge in [0.2, 0.25) is 5.95 Å². The number of rotatable bonds is 4. The molecule has 1 unspecified atom stereocenters. The first-order valence-electron chi connectivity index (χ1n) is 7.35. The van der Waals surface area contributed by atoms with Gasteiger partial charge in [0.05, 0.1) is 25.9 Å². The van der Waals surface area contributed by atoms with E-state index in [4.69, 9.17) is 9.47 Å². The zero-order chi connectivity index (χ0) is 13.6. The molecule has 3 heterocycles. The van der Waals surface area contributed by atoms with Crippen molar-refractivity contribution in [2.75, 3.05) is 57.4 Å². The Morgan fingerprint density at radius 1 is 1.10 bits per heavy atom. The zero-order valence-corrected chi connectivity index (χ0v) is 11.8.